The first-order chi connectivity index (χ1) is 9.26. The lowest BCUT2D eigenvalue weighted by Crippen LogP contribution is -2.33. The molecule has 1 aromatic carbocycles. The quantitative estimate of drug-likeness (QED) is 0.672. The Bertz CT molecular complexity index is 363. The van der Waals surface area contributed by atoms with Gasteiger partial charge >= 0.3 is 0 Å². The standard InChI is InChI=1S/C15H24N2O2/c1-3-4-5-10-16-12-15(18)17-11-13-6-8-14(19-2)9-7-13/h6-9,16H,3-5,10-12H2,1-2H3,(H,17,18). The van der Waals surface area contributed by atoms with Crippen molar-refractivity contribution in [3.05, 3.63) is 29.8 Å². The van der Waals surface area contributed by atoms with Crippen LogP contribution in [0.3, 0.4) is 0 Å². The fourth-order valence-electron chi connectivity index (χ4n) is 1.71. The molecular weight excluding hydrogens is 240 g/mol. The number of nitrogens with one attached hydrogen (secondary N) is 2. The van der Waals surface area contributed by atoms with Crippen LogP contribution in [0.2, 0.25) is 0 Å². The maximum absolute atomic E-state index is 11.6. The van der Waals surface area contributed by atoms with Gasteiger partial charge in [0.1, 0.15) is 5.75 Å². The lowest BCUT2D eigenvalue weighted by Gasteiger charge is -2.07. The lowest BCUT2D eigenvalue weighted by molar-refractivity contribution is -0.120. The third kappa shape index (κ3) is 6.82. The van der Waals surface area contributed by atoms with Gasteiger partial charge in [-0.25, -0.2) is 0 Å². The Hall–Kier alpha value is -1.55. The molecule has 0 bridgehead atoms. The molecule has 0 radical (unpaired) electrons. The van der Waals surface area contributed by atoms with Crippen molar-refractivity contribution in [1.29, 1.82) is 0 Å². The second-order valence-corrected chi connectivity index (χ2v) is 4.51. The zero-order valence-corrected chi connectivity index (χ0v) is 11.9. The first-order valence-electron chi connectivity index (χ1n) is 6.86. The normalized spacial score (nSPS) is 10.2. The van der Waals surface area contributed by atoms with Crippen LogP contribution in [0.5, 0.6) is 5.75 Å². The molecule has 0 aliphatic carbocycles. The molecule has 1 amide bonds. The van der Waals surface area contributed by atoms with Gasteiger partial charge in [-0.3, -0.25) is 4.79 Å². The highest BCUT2D eigenvalue weighted by atomic mass is 16.5. The van der Waals surface area contributed by atoms with Crippen LogP contribution in [0.15, 0.2) is 24.3 Å². The lowest BCUT2D eigenvalue weighted by atomic mass is 10.2. The van der Waals surface area contributed by atoms with Gasteiger partial charge in [0.15, 0.2) is 0 Å². The molecule has 1 rings (SSSR count). The maximum atomic E-state index is 11.6. The van der Waals surface area contributed by atoms with Crippen LogP contribution < -0.4 is 15.4 Å². The van der Waals surface area contributed by atoms with E-state index < -0.39 is 0 Å². The Balaban J connectivity index is 2.15. The number of methoxy groups -OCH3 is 1. The average Bonchev–Trinajstić information content (AvgIpc) is 2.45. The molecule has 1 aromatic rings. The fourth-order valence-corrected chi connectivity index (χ4v) is 1.71. The minimum atomic E-state index is 0.0346. The zero-order chi connectivity index (χ0) is 13.9. The summed E-state index contributed by atoms with van der Waals surface area (Å²) in [6.07, 6.45) is 3.54. The number of rotatable bonds is 9. The second kappa shape index (κ2) is 9.39. The molecule has 0 atom stereocenters. The number of ether oxygens (including phenoxy) is 1. The molecular formula is C15H24N2O2. The maximum Gasteiger partial charge on any atom is 0.234 e. The highest BCUT2D eigenvalue weighted by Crippen LogP contribution is 2.10. The van der Waals surface area contributed by atoms with Crippen LogP contribution in [0.25, 0.3) is 0 Å². The van der Waals surface area contributed by atoms with E-state index in [1.54, 1.807) is 7.11 Å². The topological polar surface area (TPSA) is 50.4 Å². The number of hydrogen-bond acceptors (Lipinski definition) is 3. The monoisotopic (exact) mass is 264 g/mol. The summed E-state index contributed by atoms with van der Waals surface area (Å²) in [6.45, 7) is 4.02. The summed E-state index contributed by atoms with van der Waals surface area (Å²) in [4.78, 5) is 11.6. The largest absolute Gasteiger partial charge is 0.497 e. The van der Waals surface area contributed by atoms with Crippen molar-refractivity contribution in [1.82, 2.24) is 10.6 Å². The fraction of sp³-hybridized carbons (Fsp3) is 0.533. The van der Waals surface area contributed by atoms with Gasteiger partial charge in [-0.2, -0.15) is 0 Å². The van der Waals surface area contributed by atoms with E-state index in [1.807, 2.05) is 24.3 Å². The number of benzene rings is 1. The van der Waals surface area contributed by atoms with Crippen LogP contribution in [0, 0.1) is 0 Å². The van der Waals surface area contributed by atoms with E-state index in [4.69, 9.17) is 4.74 Å². The van der Waals surface area contributed by atoms with Crippen molar-refractivity contribution in [3.63, 3.8) is 0 Å². The molecule has 0 heterocycles. The summed E-state index contributed by atoms with van der Waals surface area (Å²) in [5.41, 5.74) is 1.07. The van der Waals surface area contributed by atoms with Gasteiger partial charge < -0.3 is 15.4 Å². The van der Waals surface area contributed by atoms with E-state index in [0.29, 0.717) is 13.1 Å². The van der Waals surface area contributed by atoms with Gasteiger partial charge in [0.05, 0.1) is 13.7 Å². The molecule has 0 aromatic heterocycles. The molecule has 4 nitrogen and oxygen atoms in total. The van der Waals surface area contributed by atoms with Gasteiger partial charge in [-0.05, 0) is 30.7 Å². The van der Waals surface area contributed by atoms with Crippen molar-refractivity contribution < 1.29 is 9.53 Å². The van der Waals surface area contributed by atoms with E-state index in [9.17, 15) is 4.79 Å². The van der Waals surface area contributed by atoms with E-state index in [0.717, 1.165) is 24.3 Å². The van der Waals surface area contributed by atoms with Crippen molar-refractivity contribution in [3.8, 4) is 5.75 Å². The molecule has 2 N–H and O–H groups in total. The molecule has 0 unspecified atom stereocenters. The molecule has 0 saturated heterocycles. The van der Waals surface area contributed by atoms with Crippen LogP contribution >= 0.6 is 0 Å². The second-order valence-electron chi connectivity index (χ2n) is 4.51. The molecule has 106 valence electrons. The van der Waals surface area contributed by atoms with Gasteiger partial charge in [-0.15, -0.1) is 0 Å². The molecule has 0 aliphatic heterocycles. The van der Waals surface area contributed by atoms with E-state index in [2.05, 4.69) is 17.6 Å². The van der Waals surface area contributed by atoms with Crippen molar-refractivity contribution in [2.24, 2.45) is 0 Å². The Morgan fingerprint density at radius 1 is 1.21 bits per heavy atom. The third-order valence-electron chi connectivity index (χ3n) is 2.89. The van der Waals surface area contributed by atoms with E-state index in [1.165, 1.54) is 12.8 Å². The van der Waals surface area contributed by atoms with Crippen LogP contribution in [0.1, 0.15) is 31.7 Å². The van der Waals surface area contributed by atoms with E-state index >= 15 is 0 Å². The summed E-state index contributed by atoms with van der Waals surface area (Å²) >= 11 is 0. The minimum Gasteiger partial charge on any atom is -0.497 e. The minimum absolute atomic E-state index is 0.0346. The zero-order valence-electron chi connectivity index (χ0n) is 11.9. The Labute approximate surface area is 115 Å². The predicted octanol–water partition coefficient (Wildman–Crippen LogP) is 2.09. The van der Waals surface area contributed by atoms with Crippen LogP contribution in [-0.2, 0) is 11.3 Å². The van der Waals surface area contributed by atoms with Crippen LogP contribution in [-0.4, -0.2) is 26.1 Å². The van der Waals surface area contributed by atoms with Crippen LogP contribution in [0.4, 0.5) is 0 Å². The Morgan fingerprint density at radius 2 is 1.95 bits per heavy atom. The Kier molecular flexibility index (Phi) is 7.66. The molecule has 0 aliphatic rings. The molecule has 0 fully saturated rings. The Morgan fingerprint density at radius 3 is 2.58 bits per heavy atom. The highest BCUT2D eigenvalue weighted by Gasteiger charge is 2.00. The number of carbonyl (C=O) groups is 1. The predicted molar refractivity (Wildman–Crippen MR) is 77.2 cm³/mol. The van der Waals surface area contributed by atoms with Crippen molar-refractivity contribution in [2.75, 3.05) is 20.2 Å². The summed E-state index contributed by atoms with van der Waals surface area (Å²) in [5, 5.41) is 6.03. The number of carbonyl (C=O) groups excluding carboxylic acids is 1. The highest BCUT2D eigenvalue weighted by molar-refractivity contribution is 5.77. The van der Waals surface area contributed by atoms with Gasteiger partial charge in [-0.1, -0.05) is 31.9 Å². The number of amides is 1. The smallest absolute Gasteiger partial charge is 0.234 e. The summed E-state index contributed by atoms with van der Waals surface area (Å²) in [5.74, 6) is 0.861. The molecule has 0 saturated carbocycles. The van der Waals surface area contributed by atoms with Gasteiger partial charge in [0.2, 0.25) is 5.91 Å². The van der Waals surface area contributed by atoms with E-state index in [-0.39, 0.29) is 5.91 Å². The summed E-state index contributed by atoms with van der Waals surface area (Å²) in [6, 6.07) is 7.69. The first-order valence-corrected chi connectivity index (χ1v) is 6.86. The van der Waals surface area contributed by atoms with Gasteiger partial charge in [0.25, 0.3) is 0 Å². The van der Waals surface area contributed by atoms with Crippen molar-refractivity contribution >= 4 is 5.91 Å². The molecule has 19 heavy (non-hydrogen) atoms. The number of hydrogen-bond donors (Lipinski definition) is 2. The van der Waals surface area contributed by atoms with Crippen molar-refractivity contribution in [2.45, 2.75) is 32.7 Å². The third-order valence-corrected chi connectivity index (χ3v) is 2.89. The SMILES string of the molecule is CCCCCNCC(=O)NCc1ccc(OC)cc1. The molecule has 0 spiro atoms. The summed E-state index contributed by atoms with van der Waals surface area (Å²) < 4.78 is 5.08. The van der Waals surface area contributed by atoms with Gasteiger partial charge in [0, 0.05) is 6.54 Å². The number of unbranched alkanes of at least 4 members (excludes halogenated alkanes) is 2. The molecule has 4 heteroatoms. The summed E-state index contributed by atoms with van der Waals surface area (Å²) in [7, 11) is 1.64. The first kappa shape index (κ1) is 15.5. The average molecular weight is 264 g/mol.